The topological polar surface area (TPSA) is 98.9 Å². The average molecular weight is 317 g/mol. The van der Waals surface area contributed by atoms with E-state index in [1.807, 2.05) is 0 Å². The van der Waals surface area contributed by atoms with Gasteiger partial charge in [-0.2, -0.15) is 0 Å². The number of hydrogen-bond acceptors (Lipinski definition) is 5. The summed E-state index contributed by atoms with van der Waals surface area (Å²) < 4.78 is 37.9. The van der Waals surface area contributed by atoms with Gasteiger partial charge in [0.15, 0.2) is 17.4 Å². The summed E-state index contributed by atoms with van der Waals surface area (Å²) >= 11 is 0. The maximum atomic E-state index is 14.4. The van der Waals surface area contributed by atoms with Crippen molar-refractivity contribution in [1.29, 1.82) is 0 Å². The Morgan fingerprint density at radius 1 is 1.32 bits per heavy atom. The number of carbonyl (C=O) groups is 2. The smallest absolute Gasteiger partial charge is 0.338 e. The zero-order valence-electron chi connectivity index (χ0n) is 12.4. The van der Waals surface area contributed by atoms with Gasteiger partial charge in [-0.05, 0) is 13.8 Å². The number of methoxy groups -OCH3 is 1. The number of aliphatic carboxylic acids is 1. The van der Waals surface area contributed by atoms with E-state index in [2.05, 4.69) is 4.74 Å². The van der Waals surface area contributed by atoms with Crippen molar-refractivity contribution in [3.8, 4) is 5.75 Å². The minimum atomic E-state index is -1.46. The van der Waals surface area contributed by atoms with E-state index in [-0.39, 0.29) is 23.3 Å². The van der Waals surface area contributed by atoms with E-state index in [0.717, 1.165) is 7.11 Å². The highest BCUT2D eigenvalue weighted by Crippen LogP contribution is 2.32. The van der Waals surface area contributed by atoms with Gasteiger partial charge in [-0.25, -0.2) is 13.6 Å². The minimum Gasteiger partial charge on any atom is -0.491 e. The third-order valence-electron chi connectivity index (χ3n) is 3.09. The van der Waals surface area contributed by atoms with Crippen LogP contribution >= 0.6 is 0 Å². The first kappa shape index (κ1) is 17.8. The molecule has 1 aromatic carbocycles. The zero-order valence-corrected chi connectivity index (χ0v) is 12.4. The van der Waals surface area contributed by atoms with Crippen LogP contribution in [0, 0.1) is 18.6 Å². The first-order valence-corrected chi connectivity index (χ1v) is 6.46. The number of benzene rings is 1. The van der Waals surface area contributed by atoms with Gasteiger partial charge in [0, 0.05) is 17.5 Å². The third-order valence-corrected chi connectivity index (χ3v) is 3.09. The molecule has 1 rings (SSSR count). The third kappa shape index (κ3) is 3.33. The van der Waals surface area contributed by atoms with Crippen molar-refractivity contribution < 1.29 is 33.0 Å². The lowest BCUT2D eigenvalue weighted by Gasteiger charge is -2.18. The van der Waals surface area contributed by atoms with Crippen LogP contribution in [0.15, 0.2) is 0 Å². The lowest BCUT2D eigenvalue weighted by atomic mass is 9.95. The van der Waals surface area contributed by atoms with Crippen LogP contribution < -0.4 is 10.5 Å². The summed E-state index contributed by atoms with van der Waals surface area (Å²) in [6, 6.07) is -1.46. The normalized spacial score (nSPS) is 11.9. The molecule has 0 radical (unpaired) electrons. The molecule has 3 N–H and O–H groups in total. The average Bonchev–Trinajstić information content (AvgIpc) is 2.45. The molecule has 0 saturated carbocycles. The Balaban J connectivity index is 3.57. The predicted molar refractivity (Wildman–Crippen MR) is 72.9 cm³/mol. The van der Waals surface area contributed by atoms with Gasteiger partial charge >= 0.3 is 11.9 Å². The van der Waals surface area contributed by atoms with E-state index in [9.17, 15) is 18.4 Å². The summed E-state index contributed by atoms with van der Waals surface area (Å²) in [5, 5.41) is 8.85. The van der Waals surface area contributed by atoms with Gasteiger partial charge in [0.25, 0.3) is 0 Å². The number of carboxylic acids is 1. The van der Waals surface area contributed by atoms with Gasteiger partial charge in [-0.3, -0.25) is 4.79 Å². The summed E-state index contributed by atoms with van der Waals surface area (Å²) in [6.45, 7) is 2.78. The number of nitrogens with two attached hydrogens (primary N) is 1. The van der Waals surface area contributed by atoms with Crippen molar-refractivity contribution in [2.45, 2.75) is 26.3 Å². The molecule has 122 valence electrons. The molecule has 0 amide bonds. The highest BCUT2D eigenvalue weighted by Gasteiger charge is 2.29. The highest BCUT2D eigenvalue weighted by molar-refractivity contribution is 5.93. The molecule has 0 aliphatic heterocycles. The van der Waals surface area contributed by atoms with Crippen molar-refractivity contribution in [2.75, 3.05) is 13.7 Å². The van der Waals surface area contributed by atoms with Crippen LogP contribution in [0.25, 0.3) is 0 Å². The van der Waals surface area contributed by atoms with E-state index < -0.39 is 41.8 Å². The standard InChI is InChI=1S/C14H17F2NO5/c1-4-22-14(20)9-6(2)10(15)12(21-3)11(16)7(9)5-8(17)13(18)19/h8H,4-5,17H2,1-3H3,(H,18,19). The Morgan fingerprint density at radius 2 is 1.91 bits per heavy atom. The van der Waals surface area contributed by atoms with E-state index >= 15 is 0 Å². The molecular formula is C14H17F2NO5. The molecule has 8 heteroatoms. The zero-order chi connectivity index (χ0) is 17.0. The largest absolute Gasteiger partial charge is 0.491 e. The van der Waals surface area contributed by atoms with Crippen LogP contribution in [-0.2, 0) is 16.0 Å². The molecule has 0 spiro atoms. The fourth-order valence-electron chi connectivity index (χ4n) is 2.01. The van der Waals surface area contributed by atoms with Crippen LogP contribution in [0.2, 0.25) is 0 Å². The number of halogens is 2. The minimum absolute atomic E-state index is 0.00202. The quantitative estimate of drug-likeness (QED) is 0.770. The molecule has 1 unspecified atom stereocenters. The molecule has 6 nitrogen and oxygen atoms in total. The number of hydrogen-bond donors (Lipinski definition) is 2. The molecule has 22 heavy (non-hydrogen) atoms. The van der Waals surface area contributed by atoms with Crippen LogP contribution in [0.4, 0.5) is 8.78 Å². The maximum Gasteiger partial charge on any atom is 0.338 e. The van der Waals surface area contributed by atoms with E-state index in [4.69, 9.17) is 15.6 Å². The predicted octanol–water partition coefficient (Wildman–Crippen LogP) is 1.41. The molecule has 0 bridgehead atoms. The lowest BCUT2D eigenvalue weighted by molar-refractivity contribution is -0.138. The van der Waals surface area contributed by atoms with E-state index in [1.54, 1.807) is 0 Å². The molecule has 0 saturated heterocycles. The summed E-state index contributed by atoms with van der Waals surface area (Å²) in [5.41, 5.74) is 4.49. The van der Waals surface area contributed by atoms with E-state index in [0.29, 0.717) is 0 Å². The second kappa shape index (κ2) is 7.17. The SMILES string of the molecule is CCOC(=O)c1c(C)c(F)c(OC)c(F)c1CC(N)C(=O)O. The van der Waals surface area contributed by atoms with Gasteiger partial charge < -0.3 is 20.3 Å². The fraction of sp³-hybridized carbons (Fsp3) is 0.429. The molecule has 0 heterocycles. The summed E-state index contributed by atoms with van der Waals surface area (Å²) in [7, 11) is 1.06. The van der Waals surface area contributed by atoms with Crippen molar-refractivity contribution in [1.82, 2.24) is 0 Å². The number of carboxylic acid groups (broad SMARTS) is 1. The van der Waals surface area contributed by atoms with E-state index in [1.165, 1.54) is 13.8 Å². The Hall–Kier alpha value is -2.22. The summed E-state index contributed by atoms with van der Waals surface area (Å²) in [4.78, 5) is 22.8. The molecule has 0 aromatic heterocycles. The molecule has 0 fully saturated rings. The molecule has 0 aliphatic rings. The van der Waals surface area contributed by atoms with Crippen molar-refractivity contribution in [3.63, 3.8) is 0 Å². The van der Waals surface area contributed by atoms with Crippen molar-refractivity contribution in [2.24, 2.45) is 5.73 Å². The van der Waals surface area contributed by atoms with Gasteiger partial charge in [-0.15, -0.1) is 0 Å². The van der Waals surface area contributed by atoms with Gasteiger partial charge in [0.1, 0.15) is 6.04 Å². The molecule has 0 aliphatic carbocycles. The van der Waals surface area contributed by atoms with Crippen LogP contribution in [-0.4, -0.2) is 36.8 Å². The monoisotopic (exact) mass is 317 g/mol. The fourth-order valence-corrected chi connectivity index (χ4v) is 2.01. The summed E-state index contributed by atoms with van der Waals surface area (Å²) in [6.07, 6.45) is -0.507. The molecular weight excluding hydrogens is 300 g/mol. The highest BCUT2D eigenvalue weighted by atomic mass is 19.1. The van der Waals surface area contributed by atoms with Crippen LogP contribution in [0.5, 0.6) is 5.75 Å². The van der Waals surface area contributed by atoms with Crippen LogP contribution in [0.1, 0.15) is 28.4 Å². The van der Waals surface area contributed by atoms with Gasteiger partial charge in [-0.1, -0.05) is 0 Å². The number of esters is 1. The maximum absolute atomic E-state index is 14.4. The number of carbonyl (C=O) groups excluding carboxylic acids is 1. The van der Waals surface area contributed by atoms with Crippen LogP contribution in [0.3, 0.4) is 0 Å². The Labute approximate surface area is 125 Å². The van der Waals surface area contributed by atoms with Crippen molar-refractivity contribution >= 4 is 11.9 Å². The summed E-state index contributed by atoms with van der Waals surface area (Å²) in [5.74, 6) is -5.23. The molecule has 1 aromatic rings. The lowest BCUT2D eigenvalue weighted by Crippen LogP contribution is -2.33. The number of ether oxygens (including phenoxy) is 2. The Bertz CT molecular complexity index is 604. The Morgan fingerprint density at radius 3 is 2.36 bits per heavy atom. The van der Waals surface area contributed by atoms with Gasteiger partial charge in [0.2, 0.25) is 0 Å². The van der Waals surface area contributed by atoms with Crippen molar-refractivity contribution in [3.05, 3.63) is 28.3 Å². The Kier molecular flexibility index (Phi) is 5.81. The second-order valence-corrected chi connectivity index (χ2v) is 4.51. The van der Waals surface area contributed by atoms with Gasteiger partial charge in [0.05, 0.1) is 19.3 Å². The molecule has 1 atom stereocenters. The first-order chi connectivity index (χ1) is 10.3. The second-order valence-electron chi connectivity index (χ2n) is 4.51. The first-order valence-electron chi connectivity index (χ1n) is 6.46. The number of rotatable bonds is 6.